The van der Waals surface area contributed by atoms with Gasteiger partial charge < -0.3 is 25.0 Å². The lowest BCUT2D eigenvalue weighted by atomic mass is 9.93. The van der Waals surface area contributed by atoms with E-state index in [1.165, 1.54) is 32.1 Å². The van der Waals surface area contributed by atoms with E-state index in [1.54, 1.807) is 0 Å². The van der Waals surface area contributed by atoms with Gasteiger partial charge in [0.25, 0.3) is 0 Å². The van der Waals surface area contributed by atoms with Crippen molar-refractivity contribution in [2.75, 3.05) is 23.8 Å². The number of benzene rings is 1. The number of aromatic nitrogens is 4. The molecule has 0 radical (unpaired) electrons. The van der Waals surface area contributed by atoms with Crippen molar-refractivity contribution in [1.82, 2.24) is 19.5 Å². The number of nitrogens with zero attached hydrogens (tertiary/aromatic N) is 4. The molecular formula is C25H34N6O2. The number of nitrogens with one attached hydrogen (secondary N) is 2. The normalized spacial score (nSPS) is 21.7. The van der Waals surface area contributed by atoms with Gasteiger partial charge in [-0.2, -0.15) is 9.97 Å². The predicted octanol–water partition coefficient (Wildman–Crippen LogP) is 4.54. The Labute approximate surface area is 194 Å². The molecule has 0 spiro atoms. The molecule has 2 aliphatic rings. The monoisotopic (exact) mass is 450 g/mol. The fraction of sp³-hybridized carbons (Fsp3) is 0.560. The van der Waals surface area contributed by atoms with Crippen LogP contribution in [0.4, 0.5) is 11.8 Å². The summed E-state index contributed by atoms with van der Waals surface area (Å²) < 4.78 is 8.08. The fourth-order valence-corrected chi connectivity index (χ4v) is 4.99. The third-order valence-electron chi connectivity index (χ3n) is 6.83. The minimum Gasteiger partial charge on any atom is -0.492 e. The summed E-state index contributed by atoms with van der Waals surface area (Å²) in [5.41, 5.74) is 1.70. The van der Waals surface area contributed by atoms with Gasteiger partial charge in [-0.05, 0) is 50.7 Å². The van der Waals surface area contributed by atoms with Crippen LogP contribution in [0, 0.1) is 0 Å². The van der Waals surface area contributed by atoms with Crippen molar-refractivity contribution in [2.24, 2.45) is 0 Å². The largest absolute Gasteiger partial charge is 0.492 e. The lowest BCUT2D eigenvalue weighted by Gasteiger charge is -2.26. The Morgan fingerprint density at radius 3 is 2.55 bits per heavy atom. The van der Waals surface area contributed by atoms with Gasteiger partial charge in [0.2, 0.25) is 5.95 Å². The zero-order valence-corrected chi connectivity index (χ0v) is 19.1. The van der Waals surface area contributed by atoms with E-state index in [2.05, 4.69) is 15.2 Å². The Hall–Kier alpha value is -2.87. The molecule has 0 saturated heterocycles. The summed E-state index contributed by atoms with van der Waals surface area (Å²) in [5.74, 6) is 2.23. The number of rotatable bonds is 8. The van der Waals surface area contributed by atoms with Crippen molar-refractivity contribution >= 4 is 22.9 Å². The predicted molar refractivity (Wildman–Crippen MR) is 130 cm³/mol. The zero-order chi connectivity index (χ0) is 22.5. The molecule has 0 amide bonds. The number of hydrogen-bond acceptors (Lipinski definition) is 7. The molecule has 33 heavy (non-hydrogen) atoms. The Morgan fingerprint density at radius 2 is 1.76 bits per heavy atom. The summed E-state index contributed by atoms with van der Waals surface area (Å²) in [4.78, 5) is 14.4. The molecule has 2 fully saturated rings. The van der Waals surface area contributed by atoms with Gasteiger partial charge in [-0.15, -0.1) is 0 Å². The van der Waals surface area contributed by atoms with E-state index in [0.717, 1.165) is 48.4 Å². The first-order valence-electron chi connectivity index (χ1n) is 12.4. The van der Waals surface area contributed by atoms with Crippen LogP contribution >= 0.6 is 0 Å². The minimum atomic E-state index is -0.180. The van der Waals surface area contributed by atoms with Crippen molar-refractivity contribution in [2.45, 2.75) is 76.0 Å². The molecule has 2 heterocycles. The third-order valence-corrected chi connectivity index (χ3v) is 6.83. The number of aliphatic hydroxyl groups is 1. The molecule has 8 nitrogen and oxygen atoms in total. The maximum atomic E-state index is 9.84. The number of aliphatic hydroxyl groups excluding tert-OH is 1. The first kappa shape index (κ1) is 21.9. The summed E-state index contributed by atoms with van der Waals surface area (Å²) >= 11 is 0. The van der Waals surface area contributed by atoms with Gasteiger partial charge in [0, 0.05) is 12.1 Å². The van der Waals surface area contributed by atoms with Gasteiger partial charge in [-0.1, -0.05) is 37.5 Å². The van der Waals surface area contributed by atoms with Gasteiger partial charge in [0.15, 0.2) is 17.0 Å². The van der Waals surface area contributed by atoms with Crippen LogP contribution in [0.2, 0.25) is 0 Å². The molecule has 1 aromatic carbocycles. The molecule has 3 N–H and O–H groups in total. The molecule has 0 unspecified atom stereocenters. The van der Waals surface area contributed by atoms with Crippen molar-refractivity contribution in [3.8, 4) is 5.75 Å². The summed E-state index contributed by atoms with van der Waals surface area (Å²) in [6.45, 7) is 1.15. The molecular weight excluding hydrogens is 416 g/mol. The van der Waals surface area contributed by atoms with E-state index in [1.807, 2.05) is 36.7 Å². The van der Waals surface area contributed by atoms with Crippen LogP contribution in [-0.2, 0) is 0 Å². The highest BCUT2D eigenvalue weighted by Gasteiger charge is 2.23. The van der Waals surface area contributed by atoms with E-state index in [0.29, 0.717) is 25.1 Å². The molecule has 5 rings (SSSR count). The number of imidazole rings is 1. The number of para-hydroxylation sites is 1. The molecule has 2 aromatic heterocycles. The maximum Gasteiger partial charge on any atom is 0.227 e. The first-order chi connectivity index (χ1) is 16.3. The van der Waals surface area contributed by atoms with Crippen LogP contribution in [0.25, 0.3) is 11.2 Å². The van der Waals surface area contributed by atoms with E-state index < -0.39 is 0 Å². The van der Waals surface area contributed by atoms with Gasteiger partial charge in [-0.25, -0.2) is 4.98 Å². The lowest BCUT2D eigenvalue weighted by molar-refractivity contribution is 0.126. The van der Waals surface area contributed by atoms with Gasteiger partial charge in [0.05, 0.1) is 19.0 Å². The Kier molecular flexibility index (Phi) is 6.90. The van der Waals surface area contributed by atoms with E-state index >= 15 is 0 Å². The summed E-state index contributed by atoms with van der Waals surface area (Å²) in [6, 6.07) is 10.6. The highest BCUT2D eigenvalue weighted by Crippen LogP contribution is 2.32. The molecule has 2 saturated carbocycles. The van der Waals surface area contributed by atoms with Crippen molar-refractivity contribution in [3.05, 3.63) is 36.7 Å². The van der Waals surface area contributed by atoms with Gasteiger partial charge >= 0.3 is 0 Å². The molecule has 0 aliphatic heterocycles. The summed E-state index contributed by atoms with van der Waals surface area (Å²) in [7, 11) is 0. The second-order valence-corrected chi connectivity index (χ2v) is 9.25. The van der Waals surface area contributed by atoms with Crippen LogP contribution in [0.5, 0.6) is 5.75 Å². The van der Waals surface area contributed by atoms with Crippen LogP contribution in [-0.4, -0.2) is 49.9 Å². The smallest absolute Gasteiger partial charge is 0.227 e. The SMILES string of the molecule is OC1CCC(Nc2nc(NCCOc3ccccc3)c3ncn(C4CCCCC4)c3n2)CC1. The molecule has 8 heteroatoms. The van der Waals surface area contributed by atoms with Gasteiger partial charge in [-0.3, -0.25) is 0 Å². The van der Waals surface area contributed by atoms with Crippen molar-refractivity contribution in [3.63, 3.8) is 0 Å². The number of hydrogen-bond donors (Lipinski definition) is 3. The molecule has 176 valence electrons. The van der Waals surface area contributed by atoms with Crippen LogP contribution in [0.3, 0.4) is 0 Å². The minimum absolute atomic E-state index is 0.180. The number of anilines is 2. The standard InChI is InChI=1S/C25H34N6O2/c32-20-13-11-18(12-14-20)28-25-29-23(26-15-16-33-21-9-5-2-6-10-21)22-24(30-25)31(17-27-22)19-7-3-1-4-8-19/h2,5-6,9-10,17-20,32H,1,3-4,7-8,11-16H2,(H2,26,28,29,30). The summed E-state index contributed by atoms with van der Waals surface area (Å²) in [6.07, 6.45) is 11.4. The molecule has 0 atom stereocenters. The van der Waals surface area contributed by atoms with E-state index in [-0.39, 0.29) is 12.1 Å². The third kappa shape index (κ3) is 5.38. The second-order valence-electron chi connectivity index (χ2n) is 9.25. The van der Waals surface area contributed by atoms with E-state index in [4.69, 9.17) is 19.7 Å². The average Bonchev–Trinajstić information content (AvgIpc) is 3.29. The highest BCUT2D eigenvalue weighted by atomic mass is 16.5. The Balaban J connectivity index is 1.35. The zero-order valence-electron chi connectivity index (χ0n) is 19.1. The number of ether oxygens (including phenoxy) is 1. The Morgan fingerprint density at radius 1 is 0.970 bits per heavy atom. The molecule has 3 aromatic rings. The summed E-state index contributed by atoms with van der Waals surface area (Å²) in [5, 5.41) is 16.8. The Bertz CT molecular complexity index is 1030. The van der Waals surface area contributed by atoms with Crippen molar-refractivity contribution < 1.29 is 9.84 Å². The van der Waals surface area contributed by atoms with Crippen molar-refractivity contribution in [1.29, 1.82) is 0 Å². The average molecular weight is 451 g/mol. The topological polar surface area (TPSA) is 97.1 Å². The lowest BCUT2D eigenvalue weighted by Crippen LogP contribution is -2.29. The van der Waals surface area contributed by atoms with Gasteiger partial charge in [0.1, 0.15) is 12.4 Å². The second kappa shape index (κ2) is 10.4. The van der Waals surface area contributed by atoms with Crippen LogP contribution < -0.4 is 15.4 Å². The number of fused-ring (bicyclic) bond motifs is 1. The first-order valence-corrected chi connectivity index (χ1v) is 12.4. The molecule has 0 bridgehead atoms. The highest BCUT2D eigenvalue weighted by molar-refractivity contribution is 5.84. The quantitative estimate of drug-likeness (QED) is 0.434. The van der Waals surface area contributed by atoms with E-state index in [9.17, 15) is 5.11 Å². The van der Waals surface area contributed by atoms with Crippen LogP contribution in [0.15, 0.2) is 36.7 Å². The van der Waals surface area contributed by atoms with Crippen LogP contribution in [0.1, 0.15) is 63.8 Å². The molecule has 2 aliphatic carbocycles. The maximum absolute atomic E-state index is 9.84. The fourth-order valence-electron chi connectivity index (χ4n) is 4.99.